The predicted octanol–water partition coefficient (Wildman–Crippen LogP) is 3.37. The summed E-state index contributed by atoms with van der Waals surface area (Å²) in [6.07, 6.45) is 7.66. The fraction of sp³-hybridized carbons (Fsp3) is 0.500. The van der Waals surface area contributed by atoms with E-state index in [0.717, 1.165) is 17.9 Å². The third kappa shape index (κ3) is 3.25. The first-order valence-corrected chi connectivity index (χ1v) is 7.38. The summed E-state index contributed by atoms with van der Waals surface area (Å²) in [7, 11) is 0. The third-order valence-electron chi connectivity index (χ3n) is 3.41. The van der Waals surface area contributed by atoms with Gasteiger partial charge in [-0.1, -0.05) is 31.9 Å². The smallest absolute Gasteiger partial charge is 0.230 e. The molecule has 2 N–H and O–H groups in total. The maximum Gasteiger partial charge on any atom is 0.230 e. The van der Waals surface area contributed by atoms with E-state index in [1.807, 2.05) is 24.1 Å². The monoisotopic (exact) mass is 276 g/mol. The van der Waals surface area contributed by atoms with Gasteiger partial charge in [0, 0.05) is 6.20 Å². The third-order valence-corrected chi connectivity index (χ3v) is 3.41. The zero-order valence-corrected chi connectivity index (χ0v) is 12.3. The molecule has 1 aromatic carbocycles. The lowest BCUT2D eigenvalue weighted by atomic mass is 10.0. The Morgan fingerprint density at radius 2 is 2.15 bits per heavy atom. The topological polar surface area (TPSA) is 47.7 Å². The van der Waals surface area contributed by atoms with Crippen LogP contribution in [0.4, 0.5) is 5.69 Å². The second-order valence-corrected chi connectivity index (χ2v) is 4.87. The molecule has 0 saturated heterocycles. The molecule has 0 amide bonds. The first kappa shape index (κ1) is 14.7. The Labute approximate surface area is 121 Å². The Balaban J connectivity index is 2.26. The number of rotatable bonds is 7. The van der Waals surface area contributed by atoms with Crippen molar-refractivity contribution in [3.8, 4) is 5.75 Å². The van der Waals surface area contributed by atoms with E-state index >= 15 is 0 Å². The number of ether oxygens (including phenoxy) is 2. The van der Waals surface area contributed by atoms with Crippen molar-refractivity contribution in [2.24, 2.45) is 5.73 Å². The normalized spacial score (nSPS) is 17.4. The van der Waals surface area contributed by atoms with Crippen molar-refractivity contribution in [1.82, 2.24) is 0 Å². The van der Waals surface area contributed by atoms with Crippen LogP contribution in [-0.2, 0) is 11.2 Å². The minimum atomic E-state index is -0.472. The molecule has 1 aliphatic rings. The van der Waals surface area contributed by atoms with Gasteiger partial charge in [0.25, 0.3) is 0 Å². The molecule has 0 aliphatic carbocycles. The number of nitrogens with zero attached hydrogens (tertiary/aromatic N) is 1. The van der Waals surface area contributed by atoms with E-state index in [-0.39, 0.29) is 0 Å². The second kappa shape index (κ2) is 7.20. The number of hydrogen-bond donors (Lipinski definition) is 1. The Morgan fingerprint density at radius 3 is 2.80 bits per heavy atom. The van der Waals surface area contributed by atoms with Crippen molar-refractivity contribution in [2.45, 2.75) is 45.9 Å². The molecule has 1 unspecified atom stereocenters. The van der Waals surface area contributed by atoms with Crippen LogP contribution in [0.2, 0.25) is 0 Å². The van der Waals surface area contributed by atoms with Gasteiger partial charge in [-0.3, -0.25) is 10.6 Å². The molecule has 1 atom stereocenters. The average Bonchev–Trinajstić information content (AvgIpc) is 2.87. The minimum Gasteiger partial charge on any atom is -0.491 e. The van der Waals surface area contributed by atoms with E-state index in [4.69, 9.17) is 15.2 Å². The molecule has 1 heterocycles. The van der Waals surface area contributed by atoms with E-state index in [2.05, 4.69) is 19.1 Å². The molecule has 110 valence electrons. The number of benzene rings is 1. The quantitative estimate of drug-likeness (QED) is 0.776. The Morgan fingerprint density at radius 1 is 1.30 bits per heavy atom. The van der Waals surface area contributed by atoms with Crippen LogP contribution >= 0.6 is 0 Å². The van der Waals surface area contributed by atoms with E-state index in [0.29, 0.717) is 6.61 Å². The Bertz CT molecular complexity index is 460. The molecule has 0 spiro atoms. The summed E-state index contributed by atoms with van der Waals surface area (Å²) in [4.78, 5) is 1.90. The van der Waals surface area contributed by atoms with Crippen molar-refractivity contribution in [3.05, 3.63) is 36.2 Å². The molecular weight excluding hydrogens is 252 g/mol. The number of unbranched alkanes of at least 4 members (excludes halogenated alkanes) is 2. The summed E-state index contributed by atoms with van der Waals surface area (Å²) in [5.74, 6) is 0.928. The zero-order chi connectivity index (χ0) is 14.4. The van der Waals surface area contributed by atoms with Crippen molar-refractivity contribution in [2.75, 3.05) is 11.5 Å². The van der Waals surface area contributed by atoms with Crippen LogP contribution in [0, 0.1) is 0 Å². The molecule has 1 aromatic rings. The Kier molecular flexibility index (Phi) is 5.30. The zero-order valence-electron chi connectivity index (χ0n) is 12.3. The maximum atomic E-state index is 5.93. The average molecular weight is 276 g/mol. The van der Waals surface area contributed by atoms with Crippen LogP contribution in [-0.4, -0.2) is 13.0 Å². The molecule has 0 aromatic heterocycles. The van der Waals surface area contributed by atoms with Gasteiger partial charge in [-0.05, 0) is 31.4 Å². The summed E-state index contributed by atoms with van der Waals surface area (Å²) in [5.41, 5.74) is 8.15. The van der Waals surface area contributed by atoms with Gasteiger partial charge in [-0.25, -0.2) is 0 Å². The van der Waals surface area contributed by atoms with E-state index in [1.165, 1.54) is 24.8 Å². The molecule has 0 fully saturated rings. The van der Waals surface area contributed by atoms with Gasteiger partial charge >= 0.3 is 0 Å². The van der Waals surface area contributed by atoms with Crippen LogP contribution in [0.15, 0.2) is 30.7 Å². The number of hydrogen-bond acceptors (Lipinski definition) is 4. The van der Waals surface area contributed by atoms with E-state index in [9.17, 15) is 0 Å². The molecule has 1 aliphatic heterocycles. The summed E-state index contributed by atoms with van der Waals surface area (Å²) in [6.45, 7) is 4.86. The van der Waals surface area contributed by atoms with E-state index in [1.54, 1.807) is 6.26 Å². The van der Waals surface area contributed by atoms with Crippen LogP contribution in [0.5, 0.6) is 5.75 Å². The van der Waals surface area contributed by atoms with Crippen molar-refractivity contribution < 1.29 is 9.47 Å². The second-order valence-electron chi connectivity index (χ2n) is 4.87. The minimum absolute atomic E-state index is 0.472. The predicted molar refractivity (Wildman–Crippen MR) is 81.5 cm³/mol. The molecular formula is C16H24N2O2. The van der Waals surface area contributed by atoms with Gasteiger partial charge in [-0.15, -0.1) is 0 Å². The highest BCUT2D eigenvalue weighted by molar-refractivity contribution is 5.64. The fourth-order valence-corrected chi connectivity index (χ4v) is 2.40. The number of para-hydroxylation sites is 1. The van der Waals surface area contributed by atoms with Crippen molar-refractivity contribution in [3.63, 3.8) is 0 Å². The van der Waals surface area contributed by atoms with Gasteiger partial charge in [0.1, 0.15) is 12.0 Å². The van der Waals surface area contributed by atoms with Gasteiger partial charge < -0.3 is 9.47 Å². The van der Waals surface area contributed by atoms with Crippen LogP contribution in [0.25, 0.3) is 0 Å². The molecule has 20 heavy (non-hydrogen) atoms. The number of nitrogens with two attached hydrogens (primary N) is 1. The molecule has 2 rings (SSSR count). The Hall–Kier alpha value is -1.68. The standard InChI is InChI=1S/C16H24N2O2/c1-3-5-6-8-13-9-7-10-14(15(13)19-4-2)18-11-12-20-16(18)17/h7,9-12,16H,3-6,8,17H2,1-2H3. The number of anilines is 1. The van der Waals surface area contributed by atoms with Gasteiger partial charge in [0.2, 0.25) is 6.35 Å². The molecule has 0 saturated carbocycles. The lowest BCUT2D eigenvalue weighted by molar-refractivity contribution is 0.178. The van der Waals surface area contributed by atoms with Gasteiger partial charge in [-0.2, -0.15) is 0 Å². The first-order valence-electron chi connectivity index (χ1n) is 7.38. The molecule has 4 nitrogen and oxygen atoms in total. The van der Waals surface area contributed by atoms with Crippen molar-refractivity contribution >= 4 is 5.69 Å². The molecule has 4 heteroatoms. The highest BCUT2D eigenvalue weighted by atomic mass is 16.5. The van der Waals surface area contributed by atoms with Crippen LogP contribution in [0.1, 0.15) is 38.7 Å². The van der Waals surface area contributed by atoms with Crippen LogP contribution < -0.4 is 15.4 Å². The van der Waals surface area contributed by atoms with Gasteiger partial charge in [0.15, 0.2) is 0 Å². The summed E-state index contributed by atoms with van der Waals surface area (Å²) >= 11 is 0. The lowest BCUT2D eigenvalue weighted by Gasteiger charge is -2.24. The van der Waals surface area contributed by atoms with E-state index < -0.39 is 6.35 Å². The maximum absolute atomic E-state index is 5.93. The largest absolute Gasteiger partial charge is 0.491 e. The molecule has 0 bridgehead atoms. The summed E-state index contributed by atoms with van der Waals surface area (Å²) in [6, 6.07) is 6.21. The first-order chi connectivity index (χ1) is 9.77. The van der Waals surface area contributed by atoms with Crippen LogP contribution in [0.3, 0.4) is 0 Å². The highest BCUT2D eigenvalue weighted by Crippen LogP contribution is 2.35. The highest BCUT2D eigenvalue weighted by Gasteiger charge is 2.22. The lowest BCUT2D eigenvalue weighted by Crippen LogP contribution is -2.36. The fourth-order valence-electron chi connectivity index (χ4n) is 2.40. The van der Waals surface area contributed by atoms with Gasteiger partial charge in [0.05, 0.1) is 12.3 Å². The summed E-state index contributed by atoms with van der Waals surface area (Å²) < 4.78 is 11.1. The summed E-state index contributed by atoms with van der Waals surface area (Å²) in [5, 5.41) is 0. The molecule has 0 radical (unpaired) electrons. The van der Waals surface area contributed by atoms with Crippen molar-refractivity contribution in [1.29, 1.82) is 0 Å². The SMILES string of the molecule is CCCCCc1cccc(N2C=COC2N)c1OCC. The number of aryl methyl sites for hydroxylation is 1.